The molecule has 2 amide bonds. The molecule has 8 heteroatoms. The van der Waals surface area contributed by atoms with Crippen LogP contribution in [-0.4, -0.2) is 11.8 Å². The Balaban J connectivity index is 1.58. The second-order valence-electron chi connectivity index (χ2n) is 7.75. The predicted octanol–water partition coefficient (Wildman–Crippen LogP) is 5.54. The van der Waals surface area contributed by atoms with Gasteiger partial charge in [0.1, 0.15) is 28.2 Å². The lowest BCUT2D eigenvalue weighted by atomic mass is 9.88. The van der Waals surface area contributed by atoms with Crippen molar-refractivity contribution in [1.82, 2.24) is 0 Å². The molecule has 0 saturated heterocycles. The van der Waals surface area contributed by atoms with Gasteiger partial charge in [-0.3, -0.25) is 9.59 Å². The van der Waals surface area contributed by atoms with Gasteiger partial charge in [-0.2, -0.15) is 5.26 Å². The Labute approximate surface area is 197 Å². The van der Waals surface area contributed by atoms with Crippen LogP contribution in [0.1, 0.15) is 39.9 Å². The summed E-state index contributed by atoms with van der Waals surface area (Å²) >= 11 is 4.76. The number of furan rings is 1. The fourth-order valence-corrected chi connectivity index (χ4v) is 5.44. The smallest absolute Gasteiger partial charge is 0.267 e. The Morgan fingerprint density at radius 2 is 2.03 bits per heavy atom. The lowest BCUT2D eigenvalue weighted by molar-refractivity contribution is -0.112. The van der Waals surface area contributed by atoms with E-state index in [1.165, 1.54) is 17.4 Å². The Hall–Kier alpha value is -3.15. The van der Waals surface area contributed by atoms with E-state index in [2.05, 4.69) is 28.2 Å². The van der Waals surface area contributed by atoms with E-state index < -0.39 is 11.8 Å². The first-order valence-corrected chi connectivity index (χ1v) is 11.7. The number of fused-ring (bicyclic) bond motifs is 1. The molecular formula is C24H20BrN3O3S. The third-order valence-electron chi connectivity index (χ3n) is 5.39. The molecule has 4 rings (SSSR count). The molecule has 0 radical (unpaired) electrons. The number of nitrogens with one attached hydrogen (secondary N) is 1. The first kappa shape index (κ1) is 22.1. The summed E-state index contributed by atoms with van der Waals surface area (Å²) in [7, 11) is 0. The molecule has 32 heavy (non-hydrogen) atoms. The molecule has 1 aromatic carbocycles. The second-order valence-corrected chi connectivity index (χ2v) is 9.77. The summed E-state index contributed by atoms with van der Waals surface area (Å²) in [5.41, 5.74) is 7.64. The maximum absolute atomic E-state index is 12.8. The van der Waals surface area contributed by atoms with Crippen LogP contribution in [-0.2, 0) is 17.6 Å². The van der Waals surface area contributed by atoms with Gasteiger partial charge >= 0.3 is 0 Å². The molecule has 0 aliphatic heterocycles. The van der Waals surface area contributed by atoms with Gasteiger partial charge in [0.25, 0.3) is 11.8 Å². The van der Waals surface area contributed by atoms with Crippen LogP contribution in [0.4, 0.5) is 5.00 Å². The van der Waals surface area contributed by atoms with Gasteiger partial charge in [0.2, 0.25) is 0 Å². The number of primary amides is 1. The molecule has 0 saturated carbocycles. The summed E-state index contributed by atoms with van der Waals surface area (Å²) in [6.07, 6.45) is 3.97. The number of anilines is 1. The lowest BCUT2D eigenvalue weighted by Gasteiger charge is -2.18. The van der Waals surface area contributed by atoms with Crippen LogP contribution in [0.25, 0.3) is 17.4 Å². The molecule has 3 aromatic rings. The lowest BCUT2D eigenvalue weighted by Crippen LogP contribution is -2.19. The molecule has 1 aliphatic rings. The summed E-state index contributed by atoms with van der Waals surface area (Å²) in [4.78, 5) is 26.0. The van der Waals surface area contributed by atoms with E-state index in [1.807, 2.05) is 30.3 Å². The second kappa shape index (κ2) is 9.15. The summed E-state index contributed by atoms with van der Waals surface area (Å²) in [6, 6.07) is 13.0. The van der Waals surface area contributed by atoms with E-state index >= 15 is 0 Å². The fraction of sp³-hybridized carbons (Fsp3) is 0.208. The van der Waals surface area contributed by atoms with E-state index in [0.717, 1.165) is 39.7 Å². The van der Waals surface area contributed by atoms with Crippen molar-refractivity contribution in [3.63, 3.8) is 0 Å². The average molecular weight is 510 g/mol. The van der Waals surface area contributed by atoms with Crippen molar-refractivity contribution in [1.29, 1.82) is 5.26 Å². The Morgan fingerprint density at radius 1 is 1.28 bits per heavy atom. The molecule has 1 atom stereocenters. The zero-order chi connectivity index (χ0) is 22.8. The highest BCUT2D eigenvalue weighted by Crippen LogP contribution is 2.39. The van der Waals surface area contributed by atoms with Crippen LogP contribution in [0.3, 0.4) is 0 Å². The van der Waals surface area contributed by atoms with Crippen molar-refractivity contribution in [3.8, 4) is 17.4 Å². The minimum Gasteiger partial charge on any atom is -0.457 e. The predicted molar refractivity (Wildman–Crippen MR) is 128 cm³/mol. The molecular weight excluding hydrogens is 490 g/mol. The number of nitrogens with zero attached hydrogens (tertiary/aromatic N) is 1. The maximum atomic E-state index is 12.8. The van der Waals surface area contributed by atoms with Gasteiger partial charge in [-0.25, -0.2) is 0 Å². The Bertz CT molecular complexity index is 1260. The van der Waals surface area contributed by atoms with Gasteiger partial charge in [0.15, 0.2) is 0 Å². The molecule has 0 bridgehead atoms. The van der Waals surface area contributed by atoms with Crippen LogP contribution in [0.2, 0.25) is 0 Å². The number of carbonyl (C=O) groups is 2. The van der Waals surface area contributed by atoms with Crippen molar-refractivity contribution in [2.24, 2.45) is 11.7 Å². The Kier molecular flexibility index (Phi) is 6.31. The fourth-order valence-electron chi connectivity index (χ4n) is 3.76. The molecule has 0 unspecified atom stereocenters. The van der Waals surface area contributed by atoms with Gasteiger partial charge in [-0.1, -0.05) is 35.0 Å². The minimum atomic E-state index is -0.608. The van der Waals surface area contributed by atoms with Crippen molar-refractivity contribution in [2.45, 2.75) is 26.2 Å². The van der Waals surface area contributed by atoms with Crippen molar-refractivity contribution in [3.05, 3.63) is 68.2 Å². The van der Waals surface area contributed by atoms with E-state index in [-0.39, 0.29) is 5.57 Å². The number of hydrogen-bond acceptors (Lipinski definition) is 5. The van der Waals surface area contributed by atoms with Crippen molar-refractivity contribution < 1.29 is 14.0 Å². The SMILES string of the molecule is C[C@@H]1CCc2c(sc(NC(=O)/C(C#N)=C/c3ccc(-c4ccc(Br)cc4)o3)c2C(N)=O)C1. The highest BCUT2D eigenvalue weighted by Gasteiger charge is 2.27. The highest BCUT2D eigenvalue weighted by molar-refractivity contribution is 9.10. The van der Waals surface area contributed by atoms with E-state index in [0.29, 0.717) is 28.0 Å². The van der Waals surface area contributed by atoms with Gasteiger partial charge in [0.05, 0.1) is 5.56 Å². The summed E-state index contributed by atoms with van der Waals surface area (Å²) in [5.74, 6) is 0.337. The number of nitrogens with two attached hydrogens (primary N) is 1. The normalized spacial score (nSPS) is 15.7. The van der Waals surface area contributed by atoms with Crippen LogP contribution < -0.4 is 11.1 Å². The van der Waals surface area contributed by atoms with Gasteiger partial charge in [0, 0.05) is 21.0 Å². The number of thiophene rings is 1. The number of halogens is 1. The topological polar surface area (TPSA) is 109 Å². The average Bonchev–Trinajstić information content (AvgIpc) is 3.36. The molecule has 2 aromatic heterocycles. The van der Waals surface area contributed by atoms with Crippen LogP contribution in [0.5, 0.6) is 0 Å². The number of rotatable bonds is 5. The van der Waals surface area contributed by atoms with Crippen molar-refractivity contribution in [2.75, 3.05) is 5.32 Å². The molecule has 0 fully saturated rings. The monoisotopic (exact) mass is 509 g/mol. The highest BCUT2D eigenvalue weighted by atomic mass is 79.9. The third-order valence-corrected chi connectivity index (χ3v) is 7.09. The largest absolute Gasteiger partial charge is 0.457 e. The third kappa shape index (κ3) is 4.54. The van der Waals surface area contributed by atoms with E-state index in [1.54, 1.807) is 12.1 Å². The maximum Gasteiger partial charge on any atom is 0.267 e. The zero-order valence-electron chi connectivity index (χ0n) is 17.3. The number of hydrogen-bond donors (Lipinski definition) is 2. The number of amides is 2. The number of nitriles is 1. The minimum absolute atomic E-state index is 0.128. The van der Waals surface area contributed by atoms with Gasteiger partial charge < -0.3 is 15.5 Å². The quantitative estimate of drug-likeness (QED) is 0.347. The summed E-state index contributed by atoms with van der Waals surface area (Å²) in [6.45, 7) is 2.16. The first-order valence-electron chi connectivity index (χ1n) is 10.1. The summed E-state index contributed by atoms with van der Waals surface area (Å²) < 4.78 is 6.74. The first-order chi connectivity index (χ1) is 15.4. The van der Waals surface area contributed by atoms with Crippen LogP contribution in [0, 0.1) is 17.2 Å². The Morgan fingerprint density at radius 3 is 2.72 bits per heavy atom. The van der Waals surface area contributed by atoms with Crippen LogP contribution >= 0.6 is 27.3 Å². The standard InChI is InChI=1S/C24H20BrN3O3S/c1-13-2-8-18-20(10-13)32-24(21(18)22(27)29)28-23(30)15(12-26)11-17-7-9-19(31-17)14-3-5-16(25)6-4-14/h3-7,9,11,13H,2,8,10H2,1H3,(H2,27,29)(H,28,30)/b15-11+/t13-/m1/s1. The zero-order valence-corrected chi connectivity index (χ0v) is 19.7. The molecule has 1 aliphatic carbocycles. The molecule has 162 valence electrons. The van der Waals surface area contributed by atoms with Crippen molar-refractivity contribution >= 4 is 50.2 Å². The molecule has 2 heterocycles. The van der Waals surface area contributed by atoms with Gasteiger partial charge in [-0.15, -0.1) is 11.3 Å². The van der Waals surface area contributed by atoms with E-state index in [9.17, 15) is 14.9 Å². The number of benzene rings is 1. The molecule has 3 N–H and O–H groups in total. The van der Waals surface area contributed by atoms with E-state index in [4.69, 9.17) is 10.2 Å². The van der Waals surface area contributed by atoms with Crippen LogP contribution in [0.15, 0.2) is 50.9 Å². The number of carbonyl (C=O) groups excluding carboxylic acids is 2. The molecule has 6 nitrogen and oxygen atoms in total. The van der Waals surface area contributed by atoms with Gasteiger partial charge in [-0.05, 0) is 55.0 Å². The summed E-state index contributed by atoms with van der Waals surface area (Å²) in [5, 5.41) is 12.7. The molecule has 0 spiro atoms.